The molecule has 0 aromatic heterocycles. The van der Waals surface area contributed by atoms with Crippen LogP contribution in [0, 0.1) is 0 Å². The maximum Gasteiger partial charge on any atom is 0.248 e. The van der Waals surface area contributed by atoms with Crippen molar-refractivity contribution in [1.29, 1.82) is 0 Å². The molecule has 2 aromatic rings. The van der Waals surface area contributed by atoms with Crippen molar-refractivity contribution in [2.45, 2.75) is 12.5 Å². The normalized spacial score (nSPS) is 12.3. The number of phenols is 1. The Labute approximate surface area is 156 Å². The number of benzene rings is 2. The van der Waals surface area contributed by atoms with E-state index in [4.69, 9.17) is 5.73 Å². The number of para-hydroxylation sites is 2. The Balaban J connectivity index is 1.98. The number of anilines is 2. The highest BCUT2D eigenvalue weighted by Crippen LogP contribution is 2.36. The van der Waals surface area contributed by atoms with Crippen molar-refractivity contribution in [3.8, 4) is 5.75 Å². The molecule has 5 nitrogen and oxygen atoms in total. The standard InChI is InChI=1S/C17H16Br2N2O3/c18-10-8-11(17(24)12(19)9-10)15(22)6-3-7-16(23)21-14-5-2-1-4-13(14)20/h1-5,7-9,15,22,24H,6,20H2,(H,21,23)/b7-3+/t15-/m1/s1. The monoisotopic (exact) mass is 454 g/mol. The molecule has 0 saturated carbocycles. The van der Waals surface area contributed by atoms with Crippen molar-refractivity contribution in [1.82, 2.24) is 0 Å². The number of hydrogen-bond acceptors (Lipinski definition) is 4. The highest BCUT2D eigenvalue weighted by Gasteiger charge is 2.14. The van der Waals surface area contributed by atoms with Gasteiger partial charge in [0.2, 0.25) is 5.91 Å². The molecular formula is C17H16Br2N2O3. The number of nitrogens with two attached hydrogens (primary N) is 1. The Bertz CT molecular complexity index is 778. The predicted molar refractivity (Wildman–Crippen MR) is 102 cm³/mol. The van der Waals surface area contributed by atoms with Crippen molar-refractivity contribution in [3.63, 3.8) is 0 Å². The van der Waals surface area contributed by atoms with E-state index < -0.39 is 6.10 Å². The van der Waals surface area contributed by atoms with Gasteiger partial charge in [-0.05, 0) is 52.7 Å². The highest BCUT2D eigenvalue weighted by atomic mass is 79.9. The Morgan fingerprint density at radius 3 is 2.71 bits per heavy atom. The van der Waals surface area contributed by atoms with Crippen LogP contribution in [0.3, 0.4) is 0 Å². The van der Waals surface area contributed by atoms with Gasteiger partial charge in [0.15, 0.2) is 0 Å². The number of nitrogens with one attached hydrogen (secondary N) is 1. The first-order valence-electron chi connectivity index (χ1n) is 7.06. The molecule has 2 rings (SSSR count). The molecule has 0 radical (unpaired) electrons. The van der Waals surface area contributed by atoms with Crippen LogP contribution in [0.15, 0.2) is 57.5 Å². The number of aromatic hydroxyl groups is 1. The summed E-state index contributed by atoms with van der Waals surface area (Å²) in [7, 11) is 0. The molecule has 0 bridgehead atoms. The van der Waals surface area contributed by atoms with Gasteiger partial charge in [0.05, 0.1) is 22.0 Å². The third-order valence-electron chi connectivity index (χ3n) is 3.26. The van der Waals surface area contributed by atoms with Crippen LogP contribution < -0.4 is 11.1 Å². The number of aliphatic hydroxyl groups is 1. The summed E-state index contributed by atoms with van der Waals surface area (Å²) in [5.41, 5.74) is 7.12. The van der Waals surface area contributed by atoms with Crippen molar-refractivity contribution < 1.29 is 15.0 Å². The van der Waals surface area contributed by atoms with Crippen molar-refractivity contribution >= 4 is 49.1 Å². The summed E-state index contributed by atoms with van der Waals surface area (Å²) in [6, 6.07) is 10.2. The number of phenolic OH excluding ortho intramolecular Hbond substituents is 1. The van der Waals surface area contributed by atoms with Crippen molar-refractivity contribution in [2.75, 3.05) is 11.1 Å². The Hall–Kier alpha value is -1.83. The molecule has 0 spiro atoms. The summed E-state index contributed by atoms with van der Waals surface area (Å²) in [4.78, 5) is 11.9. The van der Waals surface area contributed by atoms with Crippen LogP contribution in [0.2, 0.25) is 0 Å². The van der Waals surface area contributed by atoms with E-state index in [0.29, 0.717) is 21.4 Å². The minimum Gasteiger partial charge on any atom is -0.506 e. The van der Waals surface area contributed by atoms with Gasteiger partial charge in [-0.15, -0.1) is 0 Å². The smallest absolute Gasteiger partial charge is 0.248 e. The lowest BCUT2D eigenvalue weighted by Gasteiger charge is -2.12. The molecule has 5 N–H and O–H groups in total. The first-order valence-corrected chi connectivity index (χ1v) is 8.65. The highest BCUT2D eigenvalue weighted by molar-refractivity contribution is 9.11. The van der Waals surface area contributed by atoms with Crippen molar-refractivity contribution in [2.24, 2.45) is 0 Å². The number of rotatable bonds is 5. The van der Waals surface area contributed by atoms with Gasteiger partial charge >= 0.3 is 0 Å². The zero-order valence-corrected chi connectivity index (χ0v) is 15.7. The average molecular weight is 456 g/mol. The molecule has 0 fully saturated rings. The lowest BCUT2D eigenvalue weighted by molar-refractivity contribution is -0.111. The molecule has 0 aliphatic carbocycles. The number of amides is 1. The summed E-state index contributed by atoms with van der Waals surface area (Å²) in [6.07, 6.45) is 2.09. The summed E-state index contributed by atoms with van der Waals surface area (Å²) in [6.45, 7) is 0. The van der Waals surface area contributed by atoms with Crippen LogP contribution in [0.4, 0.5) is 11.4 Å². The summed E-state index contributed by atoms with van der Waals surface area (Å²) in [5, 5.41) is 22.8. The second-order valence-electron chi connectivity index (χ2n) is 5.06. The average Bonchev–Trinajstić information content (AvgIpc) is 2.53. The van der Waals surface area contributed by atoms with Gasteiger partial charge in [-0.2, -0.15) is 0 Å². The minimum absolute atomic E-state index is 0.0272. The topological polar surface area (TPSA) is 95.6 Å². The van der Waals surface area contributed by atoms with Crippen molar-refractivity contribution in [3.05, 3.63) is 63.1 Å². The lowest BCUT2D eigenvalue weighted by atomic mass is 10.1. The Morgan fingerprint density at radius 1 is 1.29 bits per heavy atom. The second-order valence-corrected chi connectivity index (χ2v) is 6.83. The van der Waals surface area contributed by atoms with Crippen LogP contribution >= 0.6 is 31.9 Å². The van der Waals surface area contributed by atoms with Gasteiger partial charge < -0.3 is 21.3 Å². The molecule has 1 amide bonds. The quantitative estimate of drug-likeness (QED) is 0.402. The minimum atomic E-state index is -0.940. The fourth-order valence-electron chi connectivity index (χ4n) is 2.06. The van der Waals surface area contributed by atoms with E-state index >= 15 is 0 Å². The second kappa shape index (κ2) is 8.32. The van der Waals surface area contributed by atoms with E-state index in [1.54, 1.807) is 36.4 Å². The third-order valence-corrected chi connectivity index (χ3v) is 4.33. The van der Waals surface area contributed by atoms with Crippen LogP contribution in [0.1, 0.15) is 18.1 Å². The lowest BCUT2D eigenvalue weighted by Crippen LogP contribution is -2.09. The number of carbonyl (C=O) groups excluding carboxylic acids is 1. The van der Waals surface area contributed by atoms with E-state index in [1.165, 1.54) is 12.2 Å². The number of nitrogen functional groups attached to an aromatic ring is 1. The first-order chi connectivity index (χ1) is 11.4. The molecule has 0 unspecified atom stereocenters. The Morgan fingerprint density at radius 2 is 2.00 bits per heavy atom. The van der Waals surface area contributed by atoms with E-state index in [9.17, 15) is 15.0 Å². The zero-order valence-electron chi connectivity index (χ0n) is 12.5. The van der Waals surface area contributed by atoms with Gasteiger partial charge in [0, 0.05) is 10.0 Å². The molecular weight excluding hydrogens is 440 g/mol. The molecule has 1 atom stereocenters. The van der Waals surface area contributed by atoms with Gasteiger partial charge in [0.25, 0.3) is 0 Å². The molecule has 0 heterocycles. The van der Waals surface area contributed by atoms with E-state index in [0.717, 1.165) is 4.47 Å². The van der Waals surface area contributed by atoms with Gasteiger partial charge in [-0.25, -0.2) is 0 Å². The third kappa shape index (κ3) is 4.83. The fourth-order valence-corrected chi connectivity index (χ4v) is 3.31. The van der Waals surface area contributed by atoms with Crippen LogP contribution in [-0.2, 0) is 4.79 Å². The van der Waals surface area contributed by atoms with Gasteiger partial charge in [-0.3, -0.25) is 4.79 Å². The van der Waals surface area contributed by atoms with Gasteiger partial charge in [-0.1, -0.05) is 34.1 Å². The molecule has 0 aliphatic heterocycles. The molecule has 0 aliphatic rings. The van der Waals surface area contributed by atoms with Crippen LogP contribution in [0.5, 0.6) is 5.75 Å². The number of carbonyl (C=O) groups is 1. The molecule has 126 valence electrons. The number of halogens is 2. The summed E-state index contributed by atoms with van der Waals surface area (Å²) >= 11 is 6.52. The largest absolute Gasteiger partial charge is 0.506 e. The molecule has 0 saturated heterocycles. The van der Waals surface area contributed by atoms with Gasteiger partial charge in [0.1, 0.15) is 5.75 Å². The molecule has 7 heteroatoms. The molecule has 24 heavy (non-hydrogen) atoms. The number of hydrogen-bond donors (Lipinski definition) is 4. The fraction of sp³-hybridized carbons (Fsp3) is 0.118. The maximum absolute atomic E-state index is 11.9. The summed E-state index contributed by atoms with van der Waals surface area (Å²) < 4.78 is 1.20. The van der Waals surface area contributed by atoms with E-state index in [2.05, 4.69) is 37.2 Å². The maximum atomic E-state index is 11.9. The van der Waals surface area contributed by atoms with E-state index in [1.807, 2.05) is 0 Å². The number of aliphatic hydroxyl groups excluding tert-OH is 1. The summed E-state index contributed by atoms with van der Waals surface area (Å²) in [5.74, 6) is -0.375. The first kappa shape index (κ1) is 18.5. The SMILES string of the molecule is Nc1ccccc1NC(=O)/C=C/C[C@@H](O)c1cc(Br)cc(Br)c1O. The van der Waals surface area contributed by atoms with E-state index in [-0.39, 0.29) is 18.1 Å². The van der Waals surface area contributed by atoms with Crippen LogP contribution in [0.25, 0.3) is 0 Å². The predicted octanol–water partition coefficient (Wildman–Crippen LogP) is 4.12. The van der Waals surface area contributed by atoms with Crippen LogP contribution in [-0.4, -0.2) is 16.1 Å². The molecule has 2 aromatic carbocycles. The Kier molecular flexibility index (Phi) is 6.42. The zero-order chi connectivity index (χ0) is 17.7.